The number of hydrogen-bond donors (Lipinski definition) is 1. The molecule has 4 heterocycles. The van der Waals surface area contributed by atoms with Gasteiger partial charge >= 0.3 is 5.92 Å². The van der Waals surface area contributed by atoms with Crippen LogP contribution in [0.1, 0.15) is 26.1 Å². The van der Waals surface area contributed by atoms with E-state index in [0.717, 1.165) is 31.8 Å². The van der Waals surface area contributed by atoms with Crippen LogP contribution in [0.2, 0.25) is 0 Å². The van der Waals surface area contributed by atoms with Crippen molar-refractivity contribution in [2.24, 2.45) is 0 Å². The number of anilines is 2. The Bertz CT molecular complexity index is 1020. The number of halogens is 2. The highest BCUT2D eigenvalue weighted by molar-refractivity contribution is 5.95. The van der Waals surface area contributed by atoms with Gasteiger partial charge in [0.05, 0.1) is 10.9 Å². The van der Waals surface area contributed by atoms with Gasteiger partial charge in [-0.3, -0.25) is 4.79 Å². The Hall–Kier alpha value is -3.17. The number of fused-ring (bicyclic) bond motifs is 1. The molecule has 3 aromatic heterocycles. The van der Waals surface area contributed by atoms with Gasteiger partial charge < -0.3 is 10.2 Å². The van der Waals surface area contributed by atoms with Crippen LogP contribution in [0, 0.1) is 0 Å². The Morgan fingerprint density at radius 2 is 2.07 bits per heavy atom. The van der Waals surface area contributed by atoms with Crippen LogP contribution in [0.3, 0.4) is 0 Å². The Kier molecular flexibility index (Phi) is 3.97. The SMILES string of the molecule is CC(=O)Nc1cc2c(cn1)c(N1CCC1)nn2-c1ccnc(C(C)(F)F)n1. The van der Waals surface area contributed by atoms with Crippen molar-refractivity contribution in [1.29, 1.82) is 0 Å². The highest BCUT2D eigenvalue weighted by Crippen LogP contribution is 2.32. The van der Waals surface area contributed by atoms with E-state index in [1.807, 2.05) is 0 Å². The third-order valence-electron chi connectivity index (χ3n) is 4.26. The van der Waals surface area contributed by atoms with Crippen molar-refractivity contribution in [2.45, 2.75) is 26.2 Å². The van der Waals surface area contributed by atoms with Crippen LogP contribution in [-0.2, 0) is 10.7 Å². The molecular formula is C17H17F2N7O. The molecule has 1 fully saturated rings. The number of nitrogens with one attached hydrogen (secondary N) is 1. The second kappa shape index (κ2) is 6.22. The lowest BCUT2D eigenvalue weighted by Gasteiger charge is -2.31. The number of amides is 1. The van der Waals surface area contributed by atoms with Crippen LogP contribution in [0.4, 0.5) is 20.4 Å². The van der Waals surface area contributed by atoms with Gasteiger partial charge in [-0.1, -0.05) is 0 Å². The Morgan fingerprint density at radius 3 is 2.70 bits per heavy atom. The molecule has 10 heteroatoms. The van der Waals surface area contributed by atoms with Gasteiger partial charge in [0.25, 0.3) is 0 Å². The standard InChI is InChI=1S/C17H17F2N7O/c1-10(27)22-13-8-12-11(9-21-13)15(25-6-3-7-25)24-26(12)14-4-5-20-16(23-14)17(2,18)19/h4-5,8-9H,3,6-7H2,1-2H3,(H,21,22,27). The molecule has 0 aliphatic carbocycles. The number of alkyl halides is 2. The van der Waals surface area contributed by atoms with Gasteiger partial charge in [0.15, 0.2) is 11.6 Å². The van der Waals surface area contributed by atoms with Crippen LogP contribution in [0.5, 0.6) is 0 Å². The molecule has 1 N–H and O–H groups in total. The first kappa shape index (κ1) is 17.3. The van der Waals surface area contributed by atoms with E-state index >= 15 is 0 Å². The zero-order chi connectivity index (χ0) is 19.2. The topological polar surface area (TPSA) is 88.8 Å². The van der Waals surface area contributed by atoms with Gasteiger partial charge in [0.2, 0.25) is 11.7 Å². The molecule has 0 bridgehead atoms. The van der Waals surface area contributed by atoms with Crippen molar-refractivity contribution in [3.05, 3.63) is 30.4 Å². The monoisotopic (exact) mass is 373 g/mol. The number of rotatable bonds is 4. The van der Waals surface area contributed by atoms with Crippen LogP contribution >= 0.6 is 0 Å². The maximum atomic E-state index is 13.6. The number of pyridine rings is 1. The smallest absolute Gasteiger partial charge is 0.303 e. The zero-order valence-corrected chi connectivity index (χ0v) is 14.8. The summed E-state index contributed by atoms with van der Waals surface area (Å²) in [5, 5.41) is 7.96. The van der Waals surface area contributed by atoms with E-state index in [0.29, 0.717) is 17.2 Å². The fourth-order valence-corrected chi connectivity index (χ4v) is 2.86. The highest BCUT2D eigenvalue weighted by atomic mass is 19.3. The average molecular weight is 373 g/mol. The molecule has 140 valence electrons. The third kappa shape index (κ3) is 3.18. The van der Waals surface area contributed by atoms with E-state index in [1.165, 1.54) is 23.9 Å². The van der Waals surface area contributed by atoms with Crippen molar-refractivity contribution >= 4 is 28.4 Å². The van der Waals surface area contributed by atoms with E-state index in [9.17, 15) is 13.6 Å². The second-order valence-electron chi connectivity index (χ2n) is 6.47. The first-order chi connectivity index (χ1) is 12.8. The van der Waals surface area contributed by atoms with E-state index in [2.05, 4.69) is 30.3 Å². The highest BCUT2D eigenvalue weighted by Gasteiger charge is 2.29. The minimum atomic E-state index is -3.16. The molecule has 0 aromatic carbocycles. The molecule has 3 aromatic rings. The van der Waals surface area contributed by atoms with Crippen LogP contribution in [0.15, 0.2) is 24.5 Å². The van der Waals surface area contributed by atoms with Gasteiger partial charge in [0, 0.05) is 51.5 Å². The van der Waals surface area contributed by atoms with E-state index < -0.39 is 11.7 Å². The minimum absolute atomic E-state index is 0.221. The molecule has 0 atom stereocenters. The summed E-state index contributed by atoms with van der Waals surface area (Å²) < 4.78 is 28.8. The molecule has 0 spiro atoms. The predicted molar refractivity (Wildman–Crippen MR) is 95.2 cm³/mol. The number of carbonyl (C=O) groups excluding carboxylic acids is 1. The van der Waals surface area contributed by atoms with Crippen molar-refractivity contribution in [1.82, 2.24) is 24.7 Å². The maximum absolute atomic E-state index is 13.6. The first-order valence-electron chi connectivity index (χ1n) is 8.46. The second-order valence-corrected chi connectivity index (χ2v) is 6.47. The molecule has 1 aliphatic rings. The summed E-state index contributed by atoms with van der Waals surface area (Å²) in [4.78, 5) is 25.3. The fraction of sp³-hybridized carbons (Fsp3) is 0.353. The zero-order valence-electron chi connectivity index (χ0n) is 14.8. The maximum Gasteiger partial charge on any atom is 0.303 e. The van der Waals surface area contributed by atoms with Crippen LogP contribution in [0.25, 0.3) is 16.7 Å². The number of hydrogen-bond acceptors (Lipinski definition) is 6. The van der Waals surface area contributed by atoms with E-state index in [4.69, 9.17) is 0 Å². The van der Waals surface area contributed by atoms with Crippen molar-refractivity contribution in [3.8, 4) is 5.82 Å². The molecule has 27 heavy (non-hydrogen) atoms. The van der Waals surface area contributed by atoms with Crippen LogP contribution < -0.4 is 10.2 Å². The van der Waals surface area contributed by atoms with Gasteiger partial charge in [-0.25, -0.2) is 19.6 Å². The Labute approximate surface area is 153 Å². The van der Waals surface area contributed by atoms with Gasteiger partial charge in [0.1, 0.15) is 5.82 Å². The predicted octanol–water partition coefficient (Wildman–Crippen LogP) is 2.49. The number of carbonyl (C=O) groups is 1. The lowest BCUT2D eigenvalue weighted by atomic mass is 10.2. The molecule has 0 radical (unpaired) electrons. The molecule has 0 unspecified atom stereocenters. The van der Waals surface area contributed by atoms with Gasteiger partial charge in [-0.15, -0.1) is 5.10 Å². The molecule has 1 saturated heterocycles. The Morgan fingerprint density at radius 1 is 1.30 bits per heavy atom. The minimum Gasteiger partial charge on any atom is -0.354 e. The third-order valence-corrected chi connectivity index (χ3v) is 4.26. The molecule has 1 amide bonds. The molecular weight excluding hydrogens is 356 g/mol. The van der Waals surface area contributed by atoms with Crippen molar-refractivity contribution < 1.29 is 13.6 Å². The molecule has 0 saturated carbocycles. The lowest BCUT2D eigenvalue weighted by Crippen LogP contribution is -2.37. The van der Waals surface area contributed by atoms with Gasteiger partial charge in [-0.05, 0) is 6.42 Å². The molecule has 8 nitrogen and oxygen atoms in total. The fourth-order valence-electron chi connectivity index (χ4n) is 2.86. The number of aromatic nitrogens is 5. The van der Waals surface area contributed by atoms with Crippen molar-refractivity contribution in [2.75, 3.05) is 23.3 Å². The summed E-state index contributed by atoms with van der Waals surface area (Å²) in [6.45, 7) is 3.86. The molecule has 1 aliphatic heterocycles. The van der Waals surface area contributed by atoms with Crippen molar-refractivity contribution in [3.63, 3.8) is 0 Å². The quantitative estimate of drug-likeness (QED) is 0.756. The van der Waals surface area contributed by atoms with Gasteiger partial charge in [-0.2, -0.15) is 8.78 Å². The first-order valence-corrected chi connectivity index (χ1v) is 8.46. The van der Waals surface area contributed by atoms with Crippen LogP contribution in [-0.4, -0.2) is 43.7 Å². The molecule has 4 rings (SSSR count). The summed E-state index contributed by atoms with van der Waals surface area (Å²) in [6.07, 6.45) is 3.96. The van der Waals surface area contributed by atoms with E-state index in [-0.39, 0.29) is 11.7 Å². The largest absolute Gasteiger partial charge is 0.354 e. The normalized spacial score (nSPS) is 14.3. The summed E-state index contributed by atoms with van der Waals surface area (Å²) in [7, 11) is 0. The summed E-state index contributed by atoms with van der Waals surface area (Å²) >= 11 is 0. The summed E-state index contributed by atoms with van der Waals surface area (Å²) in [6, 6.07) is 3.17. The summed E-state index contributed by atoms with van der Waals surface area (Å²) in [5.41, 5.74) is 0.611. The van der Waals surface area contributed by atoms with E-state index in [1.54, 1.807) is 12.3 Å². The Balaban J connectivity index is 1.89. The summed E-state index contributed by atoms with van der Waals surface area (Å²) in [5.74, 6) is -2.72. The average Bonchev–Trinajstić information content (AvgIpc) is 2.91. The lowest BCUT2D eigenvalue weighted by molar-refractivity contribution is -0.114. The number of nitrogens with zero attached hydrogens (tertiary/aromatic N) is 6.